The summed E-state index contributed by atoms with van der Waals surface area (Å²) >= 11 is 0. The third-order valence-corrected chi connectivity index (χ3v) is 2.25. The molecular weight excluding hydrogens is 258 g/mol. The van der Waals surface area contributed by atoms with Crippen LogP contribution in [0.3, 0.4) is 0 Å². The van der Waals surface area contributed by atoms with E-state index in [0.29, 0.717) is 11.4 Å². The summed E-state index contributed by atoms with van der Waals surface area (Å²) in [7, 11) is 1.55. The van der Waals surface area contributed by atoms with E-state index in [-0.39, 0.29) is 18.0 Å². The van der Waals surface area contributed by atoms with Crippen molar-refractivity contribution in [1.29, 1.82) is 0 Å². The topological polar surface area (TPSA) is 79.5 Å². The number of ether oxygens (including phenoxy) is 1. The molecule has 6 heteroatoms. The number of carbonyl (C=O) groups is 2. The van der Waals surface area contributed by atoms with E-state index in [9.17, 15) is 9.59 Å². The molecule has 3 amide bonds. The van der Waals surface area contributed by atoms with Gasteiger partial charge in [-0.3, -0.25) is 4.79 Å². The van der Waals surface area contributed by atoms with Gasteiger partial charge < -0.3 is 20.7 Å². The minimum Gasteiger partial charge on any atom is -0.497 e. The highest BCUT2D eigenvalue weighted by Gasteiger charge is 2.14. The van der Waals surface area contributed by atoms with Crippen molar-refractivity contribution in [3.8, 4) is 5.75 Å². The maximum atomic E-state index is 11.6. The summed E-state index contributed by atoms with van der Waals surface area (Å²) in [6.45, 7) is 5.55. The molecule has 0 aliphatic carbocycles. The van der Waals surface area contributed by atoms with E-state index in [2.05, 4.69) is 16.0 Å². The molecule has 0 fully saturated rings. The van der Waals surface area contributed by atoms with Crippen LogP contribution in [-0.4, -0.2) is 31.1 Å². The molecule has 0 radical (unpaired) electrons. The van der Waals surface area contributed by atoms with Gasteiger partial charge in [0.25, 0.3) is 0 Å². The number of rotatable bonds is 4. The average Bonchev–Trinajstić information content (AvgIpc) is 2.34. The van der Waals surface area contributed by atoms with E-state index in [0.717, 1.165) is 0 Å². The fourth-order valence-corrected chi connectivity index (χ4v) is 1.50. The molecule has 0 saturated carbocycles. The van der Waals surface area contributed by atoms with Gasteiger partial charge in [0, 0.05) is 17.3 Å². The average molecular weight is 279 g/mol. The Balaban J connectivity index is 2.42. The summed E-state index contributed by atoms with van der Waals surface area (Å²) in [6.07, 6.45) is 0. The maximum absolute atomic E-state index is 11.6. The van der Waals surface area contributed by atoms with Crippen molar-refractivity contribution in [2.24, 2.45) is 0 Å². The molecule has 0 bridgehead atoms. The van der Waals surface area contributed by atoms with E-state index in [1.165, 1.54) is 0 Å². The summed E-state index contributed by atoms with van der Waals surface area (Å²) in [5.41, 5.74) is 0.278. The number of hydrogen-bond acceptors (Lipinski definition) is 3. The van der Waals surface area contributed by atoms with E-state index in [4.69, 9.17) is 4.74 Å². The van der Waals surface area contributed by atoms with Crippen LogP contribution in [0.5, 0.6) is 5.75 Å². The second-order valence-corrected chi connectivity index (χ2v) is 5.34. The molecule has 110 valence electrons. The van der Waals surface area contributed by atoms with Crippen LogP contribution < -0.4 is 20.7 Å². The molecule has 6 nitrogen and oxygen atoms in total. The summed E-state index contributed by atoms with van der Waals surface area (Å²) in [6, 6.07) is 6.52. The zero-order valence-electron chi connectivity index (χ0n) is 12.2. The van der Waals surface area contributed by atoms with Gasteiger partial charge in [-0.05, 0) is 32.9 Å². The second-order valence-electron chi connectivity index (χ2n) is 5.34. The third-order valence-electron chi connectivity index (χ3n) is 2.25. The van der Waals surface area contributed by atoms with E-state index >= 15 is 0 Å². The normalized spacial score (nSPS) is 10.6. The number of nitrogens with one attached hydrogen (secondary N) is 3. The Bertz CT molecular complexity index is 481. The van der Waals surface area contributed by atoms with Crippen molar-refractivity contribution < 1.29 is 14.3 Å². The first-order valence-corrected chi connectivity index (χ1v) is 6.30. The van der Waals surface area contributed by atoms with Gasteiger partial charge >= 0.3 is 6.03 Å². The van der Waals surface area contributed by atoms with E-state index in [1.54, 1.807) is 31.4 Å². The van der Waals surface area contributed by atoms with Gasteiger partial charge in [-0.2, -0.15) is 0 Å². The van der Waals surface area contributed by atoms with Crippen molar-refractivity contribution >= 4 is 17.6 Å². The number of hydrogen-bond donors (Lipinski definition) is 3. The molecule has 1 aromatic carbocycles. The number of benzene rings is 1. The largest absolute Gasteiger partial charge is 0.497 e. The van der Waals surface area contributed by atoms with Crippen molar-refractivity contribution in [1.82, 2.24) is 10.6 Å². The molecule has 0 heterocycles. The Morgan fingerprint density at radius 1 is 1.25 bits per heavy atom. The van der Waals surface area contributed by atoms with Crippen LogP contribution in [0, 0.1) is 0 Å². The molecule has 20 heavy (non-hydrogen) atoms. The third kappa shape index (κ3) is 6.08. The minimum absolute atomic E-state index is 0.0763. The van der Waals surface area contributed by atoms with Crippen LogP contribution in [0.2, 0.25) is 0 Å². The monoisotopic (exact) mass is 279 g/mol. The van der Waals surface area contributed by atoms with Gasteiger partial charge in [0.1, 0.15) is 5.75 Å². The highest BCUT2D eigenvalue weighted by molar-refractivity contribution is 5.92. The van der Waals surface area contributed by atoms with Gasteiger partial charge in [0.2, 0.25) is 5.91 Å². The first kappa shape index (κ1) is 15.8. The summed E-state index contributed by atoms with van der Waals surface area (Å²) < 4.78 is 5.05. The van der Waals surface area contributed by atoms with Gasteiger partial charge in [-0.1, -0.05) is 6.07 Å². The molecule has 0 saturated heterocycles. The van der Waals surface area contributed by atoms with Crippen molar-refractivity contribution in [2.45, 2.75) is 26.3 Å². The summed E-state index contributed by atoms with van der Waals surface area (Å²) in [5, 5.41) is 7.87. The smallest absolute Gasteiger partial charge is 0.319 e. The fraction of sp³-hybridized carbons (Fsp3) is 0.429. The van der Waals surface area contributed by atoms with Gasteiger partial charge in [0.05, 0.1) is 13.7 Å². The predicted molar refractivity (Wildman–Crippen MR) is 77.9 cm³/mol. The van der Waals surface area contributed by atoms with Crippen LogP contribution >= 0.6 is 0 Å². The molecule has 1 rings (SSSR count). The van der Waals surface area contributed by atoms with Crippen LogP contribution in [0.4, 0.5) is 10.5 Å². The van der Waals surface area contributed by atoms with E-state index < -0.39 is 6.03 Å². The standard InChI is InChI=1S/C14H21N3O3/c1-14(2,3)17-12(18)9-15-13(19)16-10-6-5-7-11(8-10)20-4/h5-8H,9H2,1-4H3,(H,17,18)(H2,15,16,19). The van der Waals surface area contributed by atoms with Crippen molar-refractivity contribution in [3.05, 3.63) is 24.3 Å². The number of amides is 3. The van der Waals surface area contributed by atoms with Gasteiger partial charge in [-0.25, -0.2) is 4.79 Å². The van der Waals surface area contributed by atoms with Crippen LogP contribution in [0.25, 0.3) is 0 Å². The van der Waals surface area contributed by atoms with E-state index in [1.807, 2.05) is 20.8 Å². The maximum Gasteiger partial charge on any atom is 0.319 e. The molecule has 0 aliphatic heterocycles. The predicted octanol–water partition coefficient (Wildman–Crippen LogP) is 1.73. The zero-order chi connectivity index (χ0) is 15.2. The Kier molecular flexibility index (Phi) is 5.37. The minimum atomic E-state index is -0.442. The molecular formula is C14H21N3O3. The van der Waals surface area contributed by atoms with Gasteiger partial charge in [-0.15, -0.1) is 0 Å². The SMILES string of the molecule is COc1cccc(NC(=O)NCC(=O)NC(C)(C)C)c1. The molecule has 3 N–H and O–H groups in total. The number of urea groups is 1. The van der Waals surface area contributed by atoms with Crippen molar-refractivity contribution in [2.75, 3.05) is 19.0 Å². The molecule has 0 unspecified atom stereocenters. The Morgan fingerprint density at radius 2 is 1.95 bits per heavy atom. The van der Waals surface area contributed by atoms with Crippen LogP contribution in [0.15, 0.2) is 24.3 Å². The molecule has 0 aromatic heterocycles. The molecule has 0 spiro atoms. The fourth-order valence-electron chi connectivity index (χ4n) is 1.50. The highest BCUT2D eigenvalue weighted by atomic mass is 16.5. The lowest BCUT2D eigenvalue weighted by atomic mass is 10.1. The zero-order valence-corrected chi connectivity index (χ0v) is 12.2. The summed E-state index contributed by atoms with van der Waals surface area (Å²) in [4.78, 5) is 23.2. The van der Waals surface area contributed by atoms with Crippen LogP contribution in [-0.2, 0) is 4.79 Å². The first-order chi connectivity index (χ1) is 9.30. The lowest BCUT2D eigenvalue weighted by Crippen LogP contribution is -2.46. The number of methoxy groups -OCH3 is 1. The number of carbonyl (C=O) groups excluding carboxylic acids is 2. The lowest BCUT2D eigenvalue weighted by molar-refractivity contribution is -0.121. The first-order valence-electron chi connectivity index (χ1n) is 6.30. The summed E-state index contributed by atoms with van der Waals surface area (Å²) in [5.74, 6) is 0.409. The molecule has 0 aliphatic rings. The molecule has 0 atom stereocenters. The van der Waals surface area contributed by atoms with Crippen molar-refractivity contribution in [3.63, 3.8) is 0 Å². The number of anilines is 1. The Hall–Kier alpha value is -2.24. The lowest BCUT2D eigenvalue weighted by Gasteiger charge is -2.20. The second kappa shape index (κ2) is 6.79. The molecule has 1 aromatic rings. The Morgan fingerprint density at radius 3 is 2.55 bits per heavy atom. The quantitative estimate of drug-likeness (QED) is 0.785. The van der Waals surface area contributed by atoms with Gasteiger partial charge in [0.15, 0.2) is 0 Å². The van der Waals surface area contributed by atoms with Crippen LogP contribution in [0.1, 0.15) is 20.8 Å². The highest BCUT2D eigenvalue weighted by Crippen LogP contribution is 2.16. The Labute approximate surface area is 118 Å².